The van der Waals surface area contributed by atoms with Gasteiger partial charge >= 0.3 is 0 Å². The molecule has 18 heavy (non-hydrogen) atoms. The Bertz CT molecular complexity index is 237. The maximum absolute atomic E-state index is 6.14. The van der Waals surface area contributed by atoms with Crippen molar-refractivity contribution < 1.29 is 4.74 Å². The molecule has 104 valence electrons. The molecule has 0 aromatic heterocycles. The molecule has 3 heteroatoms. The predicted octanol–water partition coefficient (Wildman–Crippen LogP) is 3.24. The molecule has 1 N–H and O–H groups in total. The van der Waals surface area contributed by atoms with E-state index in [0.29, 0.717) is 12.0 Å². The zero-order valence-corrected chi connectivity index (χ0v) is 12.7. The van der Waals surface area contributed by atoms with Gasteiger partial charge in [0.15, 0.2) is 0 Å². The van der Waals surface area contributed by atoms with Crippen LogP contribution in [0.1, 0.15) is 65.7 Å². The second-order valence-electron chi connectivity index (χ2n) is 5.77. The minimum Gasteiger partial charge on any atom is -0.380 e. The number of likely N-dealkylation sites (N-methyl/N-ethyl adjacent to an activating group) is 1. The van der Waals surface area contributed by atoms with Crippen molar-refractivity contribution in [2.45, 2.75) is 83.4 Å². The lowest BCUT2D eigenvalue weighted by Gasteiger charge is -2.33. The highest BCUT2D eigenvalue weighted by molar-refractivity contribution is 6.11. The predicted molar refractivity (Wildman–Crippen MR) is 79.0 cm³/mol. The van der Waals surface area contributed by atoms with Crippen LogP contribution in [0.2, 0.25) is 0 Å². The van der Waals surface area contributed by atoms with Gasteiger partial charge in [0.25, 0.3) is 0 Å². The molecule has 2 radical (unpaired) electrons. The molecular weight excluding hydrogens is 221 g/mol. The summed E-state index contributed by atoms with van der Waals surface area (Å²) in [6, 6.07) is 0.140. The average Bonchev–Trinajstić information content (AvgIpc) is 2.61. The number of ether oxygens (including phenoxy) is 1. The molecule has 4 atom stereocenters. The summed E-state index contributed by atoms with van der Waals surface area (Å²) < 4.78 is 6.14. The summed E-state index contributed by atoms with van der Waals surface area (Å²) in [7, 11) is 8.08. The molecule has 1 saturated heterocycles. The lowest BCUT2D eigenvalue weighted by atomic mass is 9.77. The van der Waals surface area contributed by atoms with Gasteiger partial charge in [-0.05, 0) is 19.9 Å². The van der Waals surface area contributed by atoms with Gasteiger partial charge in [-0.1, -0.05) is 52.9 Å². The van der Waals surface area contributed by atoms with Gasteiger partial charge in [0.1, 0.15) is 7.85 Å². The van der Waals surface area contributed by atoms with E-state index in [-0.39, 0.29) is 11.6 Å². The van der Waals surface area contributed by atoms with Crippen LogP contribution in [-0.4, -0.2) is 32.5 Å². The van der Waals surface area contributed by atoms with Crippen LogP contribution in [0.15, 0.2) is 0 Å². The highest BCUT2D eigenvalue weighted by Gasteiger charge is 2.48. The van der Waals surface area contributed by atoms with Crippen LogP contribution >= 0.6 is 0 Å². The molecule has 1 heterocycles. The van der Waals surface area contributed by atoms with Gasteiger partial charge in [0, 0.05) is 18.0 Å². The van der Waals surface area contributed by atoms with E-state index < -0.39 is 0 Å². The maximum atomic E-state index is 6.14. The van der Waals surface area contributed by atoms with Crippen LogP contribution in [0.4, 0.5) is 0 Å². The van der Waals surface area contributed by atoms with E-state index in [4.69, 9.17) is 12.6 Å². The van der Waals surface area contributed by atoms with Crippen LogP contribution in [0, 0.1) is 5.92 Å². The van der Waals surface area contributed by atoms with Crippen molar-refractivity contribution in [1.82, 2.24) is 5.32 Å². The van der Waals surface area contributed by atoms with Gasteiger partial charge in [-0.3, -0.25) is 0 Å². The van der Waals surface area contributed by atoms with E-state index >= 15 is 0 Å². The fourth-order valence-corrected chi connectivity index (χ4v) is 3.37. The van der Waals surface area contributed by atoms with Gasteiger partial charge in [-0.2, -0.15) is 0 Å². The third kappa shape index (κ3) is 3.51. The van der Waals surface area contributed by atoms with Gasteiger partial charge in [-0.25, -0.2) is 0 Å². The topological polar surface area (TPSA) is 21.3 Å². The normalized spacial score (nSPS) is 36.1. The summed E-state index contributed by atoms with van der Waals surface area (Å²) in [5.74, 6) is 0.494. The van der Waals surface area contributed by atoms with E-state index in [1.165, 1.54) is 32.1 Å². The highest BCUT2D eigenvalue weighted by atomic mass is 16.5. The first kappa shape index (κ1) is 16.0. The molecule has 0 aromatic carbocycles. The quantitative estimate of drug-likeness (QED) is 0.528. The summed E-state index contributed by atoms with van der Waals surface area (Å²) in [5.41, 5.74) is -0.000687. The van der Waals surface area contributed by atoms with Crippen LogP contribution in [-0.2, 0) is 4.74 Å². The third-order valence-corrected chi connectivity index (χ3v) is 4.73. The highest BCUT2D eigenvalue weighted by Crippen LogP contribution is 2.41. The summed E-state index contributed by atoms with van der Waals surface area (Å²) in [6.45, 7) is 6.77. The lowest BCUT2D eigenvalue weighted by Crippen LogP contribution is -2.41. The Hall–Kier alpha value is -0.0151. The standard InChI is InChI=1S/C15H30BNO/c1-5-7-8-9-10-11-15(6-2)12(3)13(17-4)14(16)18-15/h12-14,17H,5-11H2,1-4H3/t12?,13?,14?,15-/m1/s1. The van der Waals surface area contributed by atoms with E-state index in [9.17, 15) is 0 Å². The summed E-state index contributed by atoms with van der Waals surface area (Å²) in [4.78, 5) is 0. The van der Waals surface area contributed by atoms with Crippen LogP contribution in [0.25, 0.3) is 0 Å². The Morgan fingerprint density at radius 3 is 2.33 bits per heavy atom. The van der Waals surface area contributed by atoms with Crippen molar-refractivity contribution in [3.05, 3.63) is 0 Å². The van der Waals surface area contributed by atoms with E-state index in [1.807, 2.05) is 7.05 Å². The zero-order chi connectivity index (χ0) is 13.6. The van der Waals surface area contributed by atoms with Crippen molar-refractivity contribution in [3.8, 4) is 0 Å². The number of rotatable bonds is 8. The molecule has 2 nitrogen and oxygen atoms in total. The fourth-order valence-electron chi connectivity index (χ4n) is 3.37. The minimum absolute atomic E-state index is 0.000687. The summed E-state index contributed by atoms with van der Waals surface area (Å²) >= 11 is 0. The van der Waals surface area contributed by atoms with Gasteiger partial charge < -0.3 is 10.1 Å². The molecule has 0 spiro atoms. The van der Waals surface area contributed by atoms with Gasteiger partial charge in [-0.15, -0.1) is 0 Å². The van der Waals surface area contributed by atoms with Crippen molar-refractivity contribution >= 4 is 7.85 Å². The molecule has 0 saturated carbocycles. The number of hydrogen-bond acceptors (Lipinski definition) is 2. The van der Waals surface area contributed by atoms with Crippen LogP contribution in [0.3, 0.4) is 0 Å². The molecule has 0 aliphatic carbocycles. The van der Waals surface area contributed by atoms with E-state index in [1.54, 1.807) is 0 Å². The first-order chi connectivity index (χ1) is 8.61. The Labute approximate surface area is 115 Å². The van der Waals surface area contributed by atoms with Crippen molar-refractivity contribution in [2.75, 3.05) is 7.05 Å². The van der Waals surface area contributed by atoms with Crippen LogP contribution < -0.4 is 5.32 Å². The van der Waals surface area contributed by atoms with Crippen molar-refractivity contribution in [1.29, 1.82) is 0 Å². The van der Waals surface area contributed by atoms with Gasteiger partial charge in [0.05, 0.1) is 5.60 Å². The molecule has 0 amide bonds. The molecule has 1 rings (SSSR count). The van der Waals surface area contributed by atoms with Crippen molar-refractivity contribution in [3.63, 3.8) is 0 Å². The second kappa shape index (κ2) is 7.54. The van der Waals surface area contributed by atoms with Gasteiger partial charge in [0.2, 0.25) is 0 Å². The molecule has 1 aliphatic rings. The summed E-state index contributed by atoms with van der Waals surface area (Å²) in [5, 5.41) is 3.31. The molecule has 0 aromatic rings. The summed E-state index contributed by atoms with van der Waals surface area (Å²) in [6.07, 6.45) is 8.82. The second-order valence-corrected chi connectivity index (χ2v) is 5.77. The Morgan fingerprint density at radius 2 is 1.83 bits per heavy atom. The molecule has 3 unspecified atom stereocenters. The molecule has 0 bridgehead atoms. The van der Waals surface area contributed by atoms with E-state index in [0.717, 1.165) is 12.8 Å². The number of unbranched alkanes of at least 4 members (excludes halogenated alkanes) is 4. The monoisotopic (exact) mass is 251 g/mol. The smallest absolute Gasteiger partial charge is 0.111 e. The maximum Gasteiger partial charge on any atom is 0.111 e. The first-order valence-electron chi connectivity index (χ1n) is 7.72. The number of hydrogen-bond donors (Lipinski definition) is 1. The van der Waals surface area contributed by atoms with Crippen LogP contribution in [0.5, 0.6) is 0 Å². The number of nitrogens with one attached hydrogen (secondary N) is 1. The molecular formula is C15H30BNO. The Balaban J connectivity index is 2.48. The first-order valence-corrected chi connectivity index (χ1v) is 7.72. The zero-order valence-electron chi connectivity index (χ0n) is 12.7. The van der Waals surface area contributed by atoms with E-state index in [2.05, 4.69) is 26.1 Å². The largest absolute Gasteiger partial charge is 0.380 e. The minimum atomic E-state index is -0.152. The Kier molecular flexibility index (Phi) is 6.72. The lowest BCUT2D eigenvalue weighted by molar-refractivity contribution is -0.0423. The average molecular weight is 251 g/mol. The molecule has 1 aliphatic heterocycles. The Morgan fingerprint density at radius 1 is 1.17 bits per heavy atom. The molecule has 1 fully saturated rings. The SMILES string of the molecule is [B]C1O[C@](CC)(CCCCCCC)C(C)C1NC. The fraction of sp³-hybridized carbons (Fsp3) is 1.00. The third-order valence-electron chi connectivity index (χ3n) is 4.73. The van der Waals surface area contributed by atoms with Crippen molar-refractivity contribution in [2.24, 2.45) is 5.92 Å².